The Bertz CT molecular complexity index is 611. The average molecular weight is 280 g/mol. The van der Waals surface area contributed by atoms with Gasteiger partial charge < -0.3 is 5.11 Å². The maximum absolute atomic E-state index is 11.7. The van der Waals surface area contributed by atoms with Gasteiger partial charge in [0.1, 0.15) is 0 Å². The normalized spacial score (nSPS) is 21.4. The molecular formula is C14H16O4S. The second-order valence-electron chi connectivity index (χ2n) is 4.76. The number of hydrogen-bond acceptors (Lipinski definition) is 3. The van der Waals surface area contributed by atoms with Crippen LogP contribution >= 0.6 is 0 Å². The molecule has 1 aliphatic rings. The van der Waals surface area contributed by atoms with Crippen LogP contribution in [-0.2, 0) is 14.6 Å². The third-order valence-electron chi connectivity index (χ3n) is 3.37. The van der Waals surface area contributed by atoms with E-state index in [0.717, 1.165) is 5.56 Å². The molecule has 1 heterocycles. The summed E-state index contributed by atoms with van der Waals surface area (Å²) in [5.41, 5.74) is 1.51. The highest BCUT2D eigenvalue weighted by atomic mass is 32.2. The molecule has 0 bridgehead atoms. The van der Waals surface area contributed by atoms with Gasteiger partial charge in [0.15, 0.2) is 9.84 Å². The second-order valence-corrected chi connectivity index (χ2v) is 6.92. The lowest BCUT2D eigenvalue weighted by Crippen LogP contribution is -2.07. The Morgan fingerprint density at radius 3 is 2.42 bits per heavy atom. The zero-order valence-electron chi connectivity index (χ0n) is 10.7. The van der Waals surface area contributed by atoms with E-state index in [0.29, 0.717) is 23.3 Å². The molecule has 1 unspecified atom stereocenters. The smallest absolute Gasteiger partial charge is 0.310 e. The first kappa shape index (κ1) is 13.8. The maximum Gasteiger partial charge on any atom is 0.310 e. The van der Waals surface area contributed by atoms with Crippen LogP contribution in [0.3, 0.4) is 0 Å². The van der Waals surface area contributed by atoms with Crippen molar-refractivity contribution < 1.29 is 18.3 Å². The lowest BCUT2D eigenvalue weighted by molar-refractivity contribution is -0.138. The van der Waals surface area contributed by atoms with Crippen LogP contribution in [0.2, 0.25) is 0 Å². The Labute approximate surface area is 112 Å². The number of allylic oxidation sites excluding steroid dienone is 1. The molecule has 5 heteroatoms. The molecule has 1 aromatic carbocycles. The van der Waals surface area contributed by atoms with Crippen LogP contribution in [-0.4, -0.2) is 25.2 Å². The topological polar surface area (TPSA) is 71.4 Å². The maximum atomic E-state index is 11.7. The number of benzene rings is 1. The van der Waals surface area contributed by atoms with Crippen molar-refractivity contribution in [2.75, 3.05) is 5.75 Å². The van der Waals surface area contributed by atoms with Crippen molar-refractivity contribution in [1.82, 2.24) is 0 Å². The van der Waals surface area contributed by atoms with Crippen molar-refractivity contribution in [3.05, 3.63) is 40.3 Å². The standard InChI is InChI=1S/C14H16O4S/c1-10(14(15)16)12-6-4-11(5-7-12)9-13-3-2-8-19(13,17)18/h4-7,9-10H,2-3,8H2,1H3,(H,15,16). The first-order chi connectivity index (χ1) is 8.90. The molecule has 0 saturated carbocycles. The van der Waals surface area contributed by atoms with Gasteiger partial charge in [-0.2, -0.15) is 0 Å². The van der Waals surface area contributed by atoms with Crippen molar-refractivity contribution in [1.29, 1.82) is 0 Å². The van der Waals surface area contributed by atoms with E-state index < -0.39 is 21.7 Å². The highest BCUT2D eigenvalue weighted by molar-refractivity contribution is 7.95. The van der Waals surface area contributed by atoms with Gasteiger partial charge in [0, 0.05) is 4.91 Å². The summed E-state index contributed by atoms with van der Waals surface area (Å²) in [6, 6.07) is 6.98. The molecule has 19 heavy (non-hydrogen) atoms. The summed E-state index contributed by atoms with van der Waals surface area (Å²) in [4.78, 5) is 11.3. The number of carboxylic acids is 1. The van der Waals surface area contributed by atoms with Crippen LogP contribution < -0.4 is 0 Å². The van der Waals surface area contributed by atoms with Crippen LogP contribution in [0.25, 0.3) is 6.08 Å². The highest BCUT2D eigenvalue weighted by Gasteiger charge is 2.24. The highest BCUT2D eigenvalue weighted by Crippen LogP contribution is 2.26. The third-order valence-corrected chi connectivity index (χ3v) is 5.32. The molecule has 1 aliphatic heterocycles. The lowest BCUT2D eigenvalue weighted by Gasteiger charge is -2.06. The van der Waals surface area contributed by atoms with Crippen LogP contribution in [0, 0.1) is 0 Å². The minimum absolute atomic E-state index is 0.229. The predicted octanol–water partition coefficient (Wildman–Crippen LogP) is 2.42. The number of sulfone groups is 1. The van der Waals surface area contributed by atoms with Gasteiger partial charge in [0.05, 0.1) is 11.7 Å². The molecule has 0 amide bonds. The number of rotatable bonds is 3. The Morgan fingerprint density at radius 2 is 1.95 bits per heavy atom. The molecule has 1 atom stereocenters. The van der Waals surface area contributed by atoms with Gasteiger partial charge in [-0.15, -0.1) is 0 Å². The molecule has 4 nitrogen and oxygen atoms in total. The Hall–Kier alpha value is -1.62. The number of carboxylic acid groups (broad SMARTS) is 1. The number of carbonyl (C=O) groups is 1. The van der Waals surface area contributed by atoms with E-state index in [1.54, 1.807) is 37.3 Å². The summed E-state index contributed by atoms with van der Waals surface area (Å²) in [6.07, 6.45) is 2.95. The SMILES string of the molecule is CC(C(=O)O)c1ccc(C=C2CCCS2(=O)=O)cc1. The van der Waals surface area contributed by atoms with Gasteiger partial charge in [-0.3, -0.25) is 4.79 Å². The third kappa shape index (κ3) is 3.04. The minimum atomic E-state index is -3.06. The summed E-state index contributed by atoms with van der Waals surface area (Å²) in [6.45, 7) is 1.62. The van der Waals surface area contributed by atoms with Crippen LogP contribution in [0.4, 0.5) is 0 Å². The van der Waals surface area contributed by atoms with Crippen molar-refractivity contribution in [2.45, 2.75) is 25.7 Å². The van der Waals surface area contributed by atoms with Crippen LogP contribution in [0.1, 0.15) is 36.8 Å². The molecule has 0 spiro atoms. The summed E-state index contributed by atoms with van der Waals surface area (Å²) in [7, 11) is -3.06. The minimum Gasteiger partial charge on any atom is -0.481 e. The van der Waals surface area contributed by atoms with E-state index in [-0.39, 0.29) is 5.75 Å². The van der Waals surface area contributed by atoms with E-state index in [2.05, 4.69) is 0 Å². The van der Waals surface area contributed by atoms with Gasteiger partial charge in [-0.25, -0.2) is 8.42 Å². The Balaban J connectivity index is 2.25. The van der Waals surface area contributed by atoms with Gasteiger partial charge in [0.2, 0.25) is 0 Å². The largest absolute Gasteiger partial charge is 0.481 e. The molecule has 1 aromatic rings. The molecule has 0 radical (unpaired) electrons. The fraction of sp³-hybridized carbons (Fsp3) is 0.357. The Kier molecular flexibility index (Phi) is 3.75. The molecule has 0 aliphatic carbocycles. The van der Waals surface area contributed by atoms with Crippen molar-refractivity contribution >= 4 is 21.9 Å². The van der Waals surface area contributed by atoms with Gasteiger partial charge in [0.25, 0.3) is 0 Å². The van der Waals surface area contributed by atoms with Gasteiger partial charge in [-0.1, -0.05) is 24.3 Å². The molecule has 0 aromatic heterocycles. The monoisotopic (exact) mass is 280 g/mol. The summed E-state index contributed by atoms with van der Waals surface area (Å²) < 4.78 is 23.4. The van der Waals surface area contributed by atoms with Crippen LogP contribution in [0.5, 0.6) is 0 Å². The first-order valence-electron chi connectivity index (χ1n) is 6.16. The van der Waals surface area contributed by atoms with E-state index in [1.807, 2.05) is 0 Å². The van der Waals surface area contributed by atoms with Gasteiger partial charge in [-0.05, 0) is 37.0 Å². The van der Waals surface area contributed by atoms with Crippen molar-refractivity contribution in [3.63, 3.8) is 0 Å². The molecule has 2 rings (SSSR count). The van der Waals surface area contributed by atoms with E-state index >= 15 is 0 Å². The fourth-order valence-corrected chi connectivity index (χ4v) is 3.65. The quantitative estimate of drug-likeness (QED) is 0.923. The fourth-order valence-electron chi connectivity index (χ4n) is 2.09. The summed E-state index contributed by atoms with van der Waals surface area (Å²) in [5, 5.41) is 8.91. The van der Waals surface area contributed by atoms with Gasteiger partial charge >= 0.3 is 5.97 Å². The summed E-state index contributed by atoms with van der Waals surface area (Å²) >= 11 is 0. The molecular weight excluding hydrogens is 264 g/mol. The molecule has 1 fully saturated rings. The summed E-state index contributed by atoms with van der Waals surface area (Å²) in [5.74, 6) is -1.20. The van der Waals surface area contributed by atoms with E-state index in [1.165, 1.54) is 0 Å². The zero-order chi connectivity index (χ0) is 14.0. The lowest BCUT2D eigenvalue weighted by atomic mass is 10.00. The van der Waals surface area contributed by atoms with E-state index in [9.17, 15) is 13.2 Å². The van der Waals surface area contributed by atoms with Crippen LogP contribution in [0.15, 0.2) is 29.2 Å². The van der Waals surface area contributed by atoms with Crippen molar-refractivity contribution in [3.8, 4) is 0 Å². The zero-order valence-corrected chi connectivity index (χ0v) is 11.5. The van der Waals surface area contributed by atoms with E-state index in [4.69, 9.17) is 5.11 Å². The second kappa shape index (κ2) is 5.17. The number of aliphatic carboxylic acids is 1. The molecule has 102 valence electrons. The predicted molar refractivity (Wildman–Crippen MR) is 73.5 cm³/mol. The first-order valence-corrected chi connectivity index (χ1v) is 7.81. The number of hydrogen-bond donors (Lipinski definition) is 1. The Morgan fingerprint density at radius 1 is 1.32 bits per heavy atom. The molecule has 1 saturated heterocycles. The average Bonchev–Trinajstić information content (AvgIpc) is 2.69. The van der Waals surface area contributed by atoms with Crippen molar-refractivity contribution in [2.24, 2.45) is 0 Å². The molecule has 1 N–H and O–H groups in total.